The number of aromatic carboxylic acids is 1. The molecule has 2 heterocycles. The van der Waals surface area contributed by atoms with Gasteiger partial charge in [-0.25, -0.2) is 4.79 Å². The van der Waals surface area contributed by atoms with E-state index in [2.05, 4.69) is 34.5 Å². The molecule has 0 aromatic heterocycles. The number of carboxylic acid groups (broad SMARTS) is 1. The summed E-state index contributed by atoms with van der Waals surface area (Å²) in [6.45, 7) is 2.59. The maximum atomic E-state index is 12.3. The van der Waals surface area contributed by atoms with E-state index < -0.39 is 12.1 Å². The highest BCUT2D eigenvalue weighted by Crippen LogP contribution is 2.31. The van der Waals surface area contributed by atoms with Crippen LogP contribution in [0.25, 0.3) is 0 Å². The average molecular weight is 352 g/mol. The van der Waals surface area contributed by atoms with Crippen molar-refractivity contribution in [3.05, 3.63) is 59.2 Å². The molecule has 4 rings (SSSR count). The number of anilines is 1. The smallest absolute Gasteiger partial charge is 0.335 e. The summed E-state index contributed by atoms with van der Waals surface area (Å²) < 4.78 is 5.79. The Morgan fingerprint density at radius 3 is 2.85 bits per heavy atom. The van der Waals surface area contributed by atoms with Crippen LogP contribution < -0.4 is 10.1 Å². The summed E-state index contributed by atoms with van der Waals surface area (Å²) in [6.07, 6.45) is 0.965. The monoisotopic (exact) mass is 352 g/mol. The number of carboxylic acids is 1. The highest BCUT2D eigenvalue weighted by molar-refractivity contribution is 5.99. The molecule has 2 N–H and O–H groups in total. The first kappa shape index (κ1) is 16.6. The Morgan fingerprint density at radius 2 is 2.04 bits per heavy atom. The van der Waals surface area contributed by atoms with Gasteiger partial charge in [0, 0.05) is 26.1 Å². The largest absolute Gasteiger partial charge is 0.478 e. The van der Waals surface area contributed by atoms with Crippen molar-refractivity contribution < 1.29 is 19.4 Å². The predicted molar refractivity (Wildman–Crippen MR) is 96.5 cm³/mol. The van der Waals surface area contributed by atoms with Crippen molar-refractivity contribution in [1.29, 1.82) is 0 Å². The predicted octanol–water partition coefficient (Wildman–Crippen LogP) is 2.53. The van der Waals surface area contributed by atoms with Crippen molar-refractivity contribution in [3.8, 4) is 5.75 Å². The van der Waals surface area contributed by atoms with E-state index in [-0.39, 0.29) is 11.5 Å². The van der Waals surface area contributed by atoms with Gasteiger partial charge in [-0.3, -0.25) is 9.69 Å². The molecule has 2 aromatic carbocycles. The second-order valence-corrected chi connectivity index (χ2v) is 6.70. The minimum atomic E-state index is -1.02. The molecule has 0 bridgehead atoms. The molecule has 1 unspecified atom stereocenters. The lowest BCUT2D eigenvalue weighted by atomic mass is 9.99. The minimum Gasteiger partial charge on any atom is -0.478 e. The van der Waals surface area contributed by atoms with E-state index >= 15 is 0 Å². The molecular weight excluding hydrogens is 332 g/mol. The Bertz CT molecular complexity index is 865. The van der Waals surface area contributed by atoms with Crippen molar-refractivity contribution in [2.45, 2.75) is 25.5 Å². The van der Waals surface area contributed by atoms with E-state index in [0.717, 1.165) is 26.1 Å². The van der Waals surface area contributed by atoms with Gasteiger partial charge in [0.1, 0.15) is 5.75 Å². The van der Waals surface area contributed by atoms with Gasteiger partial charge in [-0.05, 0) is 35.7 Å². The molecule has 2 aromatic rings. The zero-order valence-electron chi connectivity index (χ0n) is 14.3. The van der Waals surface area contributed by atoms with Gasteiger partial charge in [0.15, 0.2) is 6.10 Å². The van der Waals surface area contributed by atoms with Crippen molar-refractivity contribution >= 4 is 17.6 Å². The molecule has 6 nitrogen and oxygen atoms in total. The van der Waals surface area contributed by atoms with E-state index in [1.807, 2.05) is 0 Å². The maximum Gasteiger partial charge on any atom is 0.335 e. The molecule has 26 heavy (non-hydrogen) atoms. The molecule has 1 atom stereocenters. The second-order valence-electron chi connectivity index (χ2n) is 6.70. The lowest BCUT2D eigenvalue weighted by Gasteiger charge is -2.31. The van der Waals surface area contributed by atoms with Crippen molar-refractivity contribution in [2.24, 2.45) is 0 Å². The fourth-order valence-electron chi connectivity index (χ4n) is 3.51. The molecule has 0 aliphatic carbocycles. The molecule has 2 aliphatic heterocycles. The normalized spacial score (nSPS) is 19.1. The van der Waals surface area contributed by atoms with Gasteiger partial charge in [-0.15, -0.1) is 0 Å². The van der Waals surface area contributed by atoms with Crippen molar-refractivity contribution in [3.63, 3.8) is 0 Å². The molecule has 6 heteroatoms. The van der Waals surface area contributed by atoms with Gasteiger partial charge < -0.3 is 15.2 Å². The summed E-state index contributed by atoms with van der Waals surface area (Å²) in [7, 11) is 0. The molecular formula is C20H20N2O4. The Hall–Kier alpha value is -2.86. The Kier molecular flexibility index (Phi) is 4.34. The highest BCUT2D eigenvalue weighted by atomic mass is 16.5. The van der Waals surface area contributed by atoms with Crippen LogP contribution in [0.2, 0.25) is 0 Å². The second kappa shape index (κ2) is 6.80. The number of nitrogens with one attached hydrogen (secondary N) is 1. The Morgan fingerprint density at radius 1 is 1.23 bits per heavy atom. The molecule has 0 spiro atoms. The average Bonchev–Trinajstić information content (AvgIpc) is 2.65. The molecule has 2 aliphatic rings. The first-order valence-corrected chi connectivity index (χ1v) is 8.74. The molecule has 0 saturated heterocycles. The van der Waals surface area contributed by atoms with E-state index in [9.17, 15) is 9.59 Å². The lowest BCUT2D eigenvalue weighted by Crippen LogP contribution is -2.40. The van der Waals surface area contributed by atoms with E-state index in [1.165, 1.54) is 23.3 Å². The van der Waals surface area contributed by atoms with E-state index in [1.54, 1.807) is 6.07 Å². The van der Waals surface area contributed by atoms with Crippen LogP contribution in [0.3, 0.4) is 0 Å². The van der Waals surface area contributed by atoms with Crippen LogP contribution in [-0.2, 0) is 17.8 Å². The molecule has 134 valence electrons. The lowest BCUT2D eigenvalue weighted by molar-refractivity contribution is -0.124. The van der Waals surface area contributed by atoms with Gasteiger partial charge in [-0.2, -0.15) is 0 Å². The fourth-order valence-corrected chi connectivity index (χ4v) is 3.51. The summed E-state index contributed by atoms with van der Waals surface area (Å²) in [5.41, 5.74) is 3.39. The number of fused-ring (bicyclic) bond motifs is 2. The van der Waals surface area contributed by atoms with Crippen LogP contribution in [0.5, 0.6) is 5.75 Å². The van der Waals surface area contributed by atoms with Gasteiger partial charge in [-0.1, -0.05) is 24.3 Å². The number of benzene rings is 2. The fraction of sp³-hybridized carbons (Fsp3) is 0.300. The van der Waals surface area contributed by atoms with Crippen LogP contribution >= 0.6 is 0 Å². The number of ether oxygens (including phenoxy) is 1. The molecule has 1 amide bonds. The van der Waals surface area contributed by atoms with E-state index in [4.69, 9.17) is 9.84 Å². The Labute approximate surface area is 151 Å². The van der Waals surface area contributed by atoms with Crippen LogP contribution in [-0.4, -0.2) is 41.1 Å². The first-order valence-electron chi connectivity index (χ1n) is 8.74. The number of carbonyl (C=O) groups excluding carboxylic acids is 1. The highest BCUT2D eigenvalue weighted by Gasteiger charge is 2.29. The van der Waals surface area contributed by atoms with Gasteiger partial charge in [0.2, 0.25) is 0 Å². The van der Waals surface area contributed by atoms with Gasteiger partial charge >= 0.3 is 5.97 Å². The van der Waals surface area contributed by atoms with Crippen LogP contribution in [0, 0.1) is 0 Å². The molecule has 0 radical (unpaired) electrons. The zero-order valence-corrected chi connectivity index (χ0v) is 14.3. The number of rotatable bonds is 4. The third-order valence-electron chi connectivity index (χ3n) is 4.97. The summed E-state index contributed by atoms with van der Waals surface area (Å²) in [5, 5.41) is 11.9. The summed E-state index contributed by atoms with van der Waals surface area (Å²) in [5.74, 6) is -0.784. The number of nitrogens with zero attached hydrogens (tertiary/aromatic N) is 1. The third-order valence-corrected chi connectivity index (χ3v) is 4.97. The summed E-state index contributed by atoms with van der Waals surface area (Å²) in [6, 6.07) is 12.9. The first-order chi connectivity index (χ1) is 12.6. The topological polar surface area (TPSA) is 78.9 Å². The van der Waals surface area contributed by atoms with Crippen molar-refractivity contribution in [1.82, 2.24) is 4.90 Å². The van der Waals surface area contributed by atoms with Gasteiger partial charge in [0.05, 0.1) is 11.3 Å². The van der Waals surface area contributed by atoms with Crippen LogP contribution in [0.15, 0.2) is 42.5 Å². The summed E-state index contributed by atoms with van der Waals surface area (Å²) >= 11 is 0. The summed E-state index contributed by atoms with van der Waals surface area (Å²) in [4.78, 5) is 25.7. The van der Waals surface area contributed by atoms with Crippen LogP contribution in [0.1, 0.15) is 27.9 Å². The zero-order chi connectivity index (χ0) is 18.1. The number of carbonyl (C=O) groups is 2. The number of hydrogen-bond acceptors (Lipinski definition) is 4. The third kappa shape index (κ3) is 3.28. The number of hydrogen-bond donors (Lipinski definition) is 2. The van der Waals surface area contributed by atoms with Crippen molar-refractivity contribution in [2.75, 3.05) is 18.4 Å². The standard InChI is InChI=1S/C20H20N2O4/c23-19-17(26-18-11-14(20(24)25)5-6-16(18)21-19)8-10-22-9-7-13-3-1-2-4-15(13)12-22/h1-6,11,17H,7-10,12H2,(H,21,23)(H,24,25). The SMILES string of the molecule is O=C(O)c1ccc2c(c1)OC(CCN1CCc3ccccc3C1)C(=O)N2. The molecule has 0 fully saturated rings. The molecule has 0 saturated carbocycles. The Balaban J connectivity index is 1.41. The van der Waals surface area contributed by atoms with Crippen LogP contribution in [0.4, 0.5) is 5.69 Å². The number of amides is 1. The quantitative estimate of drug-likeness (QED) is 0.884. The minimum absolute atomic E-state index is 0.145. The van der Waals surface area contributed by atoms with E-state index in [0.29, 0.717) is 17.9 Å². The maximum absolute atomic E-state index is 12.3. The van der Waals surface area contributed by atoms with Gasteiger partial charge in [0.25, 0.3) is 5.91 Å².